The highest BCUT2D eigenvalue weighted by Gasteiger charge is 2.15. The van der Waals surface area contributed by atoms with Gasteiger partial charge in [0.05, 0.1) is 0 Å². The number of hydrogen-bond donors (Lipinski definition) is 2. The molecule has 84 valence electrons. The van der Waals surface area contributed by atoms with Gasteiger partial charge in [-0.15, -0.1) is 0 Å². The Morgan fingerprint density at radius 3 is 2.73 bits per heavy atom. The quantitative estimate of drug-likeness (QED) is 0.796. The number of nitrogens with one attached hydrogen (secondary N) is 2. The van der Waals surface area contributed by atoms with E-state index in [2.05, 4.69) is 29.1 Å². The Hall–Kier alpha value is -0.830. The van der Waals surface area contributed by atoms with Crippen LogP contribution in [-0.2, 0) is 6.42 Å². The summed E-state index contributed by atoms with van der Waals surface area (Å²) in [6.07, 6.45) is 5.78. The van der Waals surface area contributed by atoms with Crippen molar-refractivity contribution in [2.24, 2.45) is 5.92 Å². The second kappa shape index (κ2) is 4.79. The lowest BCUT2D eigenvalue weighted by Gasteiger charge is -2.21. The minimum absolute atomic E-state index is 0.506. The lowest BCUT2D eigenvalue weighted by atomic mass is 9.93. The predicted octanol–water partition coefficient (Wildman–Crippen LogP) is 2.08. The molecule has 2 heterocycles. The highest BCUT2D eigenvalue weighted by atomic mass is 14.9. The molecule has 0 aromatic carbocycles. The lowest BCUT2D eigenvalue weighted by molar-refractivity contribution is 0.370. The Balaban J connectivity index is 1.91. The summed E-state index contributed by atoms with van der Waals surface area (Å²) in [4.78, 5) is 7.84. The fourth-order valence-electron chi connectivity index (χ4n) is 2.17. The molecule has 0 radical (unpaired) electrons. The molecular formula is C12H21N3. The van der Waals surface area contributed by atoms with Gasteiger partial charge >= 0.3 is 0 Å². The minimum Gasteiger partial charge on any atom is -0.346 e. The SMILES string of the molecule is CC(C)c1ncc(CC2CCNCC2)[nH]1. The van der Waals surface area contributed by atoms with Crippen LogP contribution in [0.1, 0.15) is 44.1 Å². The summed E-state index contributed by atoms with van der Waals surface area (Å²) < 4.78 is 0. The number of piperidine rings is 1. The molecule has 2 N–H and O–H groups in total. The highest BCUT2D eigenvalue weighted by Crippen LogP contribution is 2.18. The van der Waals surface area contributed by atoms with Crippen molar-refractivity contribution in [2.75, 3.05) is 13.1 Å². The minimum atomic E-state index is 0.506. The predicted molar refractivity (Wildman–Crippen MR) is 62.0 cm³/mol. The summed E-state index contributed by atoms with van der Waals surface area (Å²) in [5.74, 6) is 2.47. The molecule has 0 bridgehead atoms. The normalized spacial score (nSPS) is 18.6. The maximum absolute atomic E-state index is 4.41. The molecule has 0 aliphatic carbocycles. The van der Waals surface area contributed by atoms with Crippen molar-refractivity contribution in [1.29, 1.82) is 0 Å². The van der Waals surface area contributed by atoms with E-state index >= 15 is 0 Å². The molecule has 1 aromatic rings. The summed E-state index contributed by atoms with van der Waals surface area (Å²) in [6, 6.07) is 0. The molecule has 0 atom stereocenters. The third-order valence-corrected chi connectivity index (χ3v) is 3.16. The van der Waals surface area contributed by atoms with Crippen molar-refractivity contribution >= 4 is 0 Å². The van der Waals surface area contributed by atoms with Crippen LogP contribution in [0.15, 0.2) is 6.20 Å². The van der Waals surface area contributed by atoms with Gasteiger partial charge in [0, 0.05) is 17.8 Å². The van der Waals surface area contributed by atoms with Gasteiger partial charge in [0.1, 0.15) is 5.82 Å². The molecule has 0 unspecified atom stereocenters. The molecule has 1 aliphatic rings. The van der Waals surface area contributed by atoms with E-state index < -0.39 is 0 Å². The topological polar surface area (TPSA) is 40.7 Å². The molecule has 0 spiro atoms. The fraction of sp³-hybridized carbons (Fsp3) is 0.750. The Kier molecular flexibility index (Phi) is 3.41. The first-order valence-corrected chi connectivity index (χ1v) is 6.00. The van der Waals surface area contributed by atoms with Crippen LogP contribution in [0.5, 0.6) is 0 Å². The molecule has 1 saturated heterocycles. The summed E-state index contributed by atoms with van der Waals surface area (Å²) >= 11 is 0. The van der Waals surface area contributed by atoms with Gasteiger partial charge < -0.3 is 10.3 Å². The Morgan fingerprint density at radius 1 is 1.40 bits per heavy atom. The van der Waals surface area contributed by atoms with Gasteiger partial charge in [-0.05, 0) is 38.3 Å². The summed E-state index contributed by atoms with van der Waals surface area (Å²) in [7, 11) is 0. The number of aromatic amines is 1. The van der Waals surface area contributed by atoms with Crippen LogP contribution in [0, 0.1) is 5.92 Å². The van der Waals surface area contributed by atoms with E-state index in [0.717, 1.165) is 11.7 Å². The largest absolute Gasteiger partial charge is 0.346 e. The Bertz CT molecular complexity index is 298. The molecule has 2 rings (SSSR count). The van der Waals surface area contributed by atoms with Crippen LogP contribution in [0.25, 0.3) is 0 Å². The number of nitrogens with zero attached hydrogens (tertiary/aromatic N) is 1. The monoisotopic (exact) mass is 207 g/mol. The average molecular weight is 207 g/mol. The first kappa shape index (κ1) is 10.7. The van der Waals surface area contributed by atoms with Crippen LogP contribution in [0.4, 0.5) is 0 Å². The summed E-state index contributed by atoms with van der Waals surface area (Å²) in [5.41, 5.74) is 1.31. The van der Waals surface area contributed by atoms with Crippen LogP contribution >= 0.6 is 0 Å². The van der Waals surface area contributed by atoms with Gasteiger partial charge in [-0.3, -0.25) is 0 Å². The number of aromatic nitrogens is 2. The Morgan fingerprint density at radius 2 is 2.13 bits per heavy atom. The fourth-order valence-corrected chi connectivity index (χ4v) is 2.17. The number of rotatable bonds is 3. The van der Waals surface area contributed by atoms with Gasteiger partial charge in [0.25, 0.3) is 0 Å². The number of H-pyrrole nitrogens is 1. The molecule has 3 heteroatoms. The first-order chi connectivity index (χ1) is 7.25. The van der Waals surface area contributed by atoms with Crippen molar-refractivity contribution in [3.8, 4) is 0 Å². The van der Waals surface area contributed by atoms with E-state index in [4.69, 9.17) is 0 Å². The molecule has 0 saturated carbocycles. The maximum atomic E-state index is 4.41. The van der Waals surface area contributed by atoms with E-state index in [9.17, 15) is 0 Å². The Labute approximate surface area is 91.7 Å². The van der Waals surface area contributed by atoms with Gasteiger partial charge in [-0.25, -0.2) is 4.98 Å². The highest BCUT2D eigenvalue weighted by molar-refractivity contribution is 5.05. The number of hydrogen-bond acceptors (Lipinski definition) is 2. The zero-order chi connectivity index (χ0) is 10.7. The molecule has 3 nitrogen and oxygen atoms in total. The maximum Gasteiger partial charge on any atom is 0.108 e. The van der Waals surface area contributed by atoms with E-state index in [-0.39, 0.29) is 0 Å². The van der Waals surface area contributed by atoms with Crippen molar-refractivity contribution in [1.82, 2.24) is 15.3 Å². The smallest absolute Gasteiger partial charge is 0.108 e. The van der Waals surface area contributed by atoms with Crippen LogP contribution in [-0.4, -0.2) is 23.1 Å². The molecule has 15 heavy (non-hydrogen) atoms. The molecular weight excluding hydrogens is 186 g/mol. The molecule has 0 amide bonds. The molecule has 1 aromatic heterocycles. The van der Waals surface area contributed by atoms with Gasteiger partial charge in [-0.1, -0.05) is 13.8 Å². The summed E-state index contributed by atoms with van der Waals surface area (Å²) in [6.45, 7) is 6.70. The second-order valence-corrected chi connectivity index (χ2v) is 4.85. The van der Waals surface area contributed by atoms with Gasteiger partial charge in [-0.2, -0.15) is 0 Å². The third kappa shape index (κ3) is 2.81. The van der Waals surface area contributed by atoms with Crippen molar-refractivity contribution in [2.45, 2.75) is 39.0 Å². The van der Waals surface area contributed by atoms with Crippen molar-refractivity contribution < 1.29 is 0 Å². The van der Waals surface area contributed by atoms with Crippen molar-refractivity contribution in [3.05, 3.63) is 17.7 Å². The molecule has 1 fully saturated rings. The number of imidazole rings is 1. The van der Waals surface area contributed by atoms with E-state index in [1.807, 2.05) is 6.20 Å². The van der Waals surface area contributed by atoms with E-state index in [1.165, 1.54) is 38.0 Å². The third-order valence-electron chi connectivity index (χ3n) is 3.16. The van der Waals surface area contributed by atoms with Crippen molar-refractivity contribution in [3.63, 3.8) is 0 Å². The lowest BCUT2D eigenvalue weighted by Crippen LogP contribution is -2.28. The van der Waals surface area contributed by atoms with E-state index in [0.29, 0.717) is 5.92 Å². The second-order valence-electron chi connectivity index (χ2n) is 4.85. The average Bonchev–Trinajstić information content (AvgIpc) is 2.68. The van der Waals surface area contributed by atoms with E-state index in [1.54, 1.807) is 0 Å². The standard InChI is InChI=1S/C12H21N3/c1-9(2)12-14-8-11(15-12)7-10-3-5-13-6-4-10/h8-10,13H,3-7H2,1-2H3,(H,14,15). The van der Waals surface area contributed by atoms with Crippen LogP contribution < -0.4 is 5.32 Å². The summed E-state index contributed by atoms with van der Waals surface area (Å²) in [5, 5.41) is 3.40. The molecule has 1 aliphatic heterocycles. The first-order valence-electron chi connectivity index (χ1n) is 6.00. The van der Waals surface area contributed by atoms with Crippen LogP contribution in [0.3, 0.4) is 0 Å². The van der Waals surface area contributed by atoms with Gasteiger partial charge in [0.2, 0.25) is 0 Å². The van der Waals surface area contributed by atoms with Crippen LogP contribution in [0.2, 0.25) is 0 Å². The zero-order valence-corrected chi connectivity index (χ0v) is 9.71. The zero-order valence-electron chi connectivity index (χ0n) is 9.71. The van der Waals surface area contributed by atoms with Gasteiger partial charge in [0.15, 0.2) is 0 Å².